The number of hydrogen-bond acceptors (Lipinski definition) is 4. The summed E-state index contributed by atoms with van der Waals surface area (Å²) in [6.45, 7) is 0.897. The summed E-state index contributed by atoms with van der Waals surface area (Å²) >= 11 is 0. The maximum Gasteiger partial charge on any atom is 0.269 e. The van der Waals surface area contributed by atoms with Crippen molar-refractivity contribution in [2.75, 3.05) is 11.9 Å². The first kappa shape index (κ1) is 18.8. The smallest absolute Gasteiger partial charge is 0.269 e. The first-order valence-corrected chi connectivity index (χ1v) is 9.06. The molecule has 0 spiro atoms. The summed E-state index contributed by atoms with van der Waals surface area (Å²) in [6, 6.07) is 13.0. The molecule has 1 saturated carbocycles. The minimum absolute atomic E-state index is 0.0336. The minimum Gasteiger partial charge on any atom is -0.385 e. The highest BCUT2D eigenvalue weighted by atomic mass is 19.1. The average Bonchev–Trinajstić information content (AvgIpc) is 3.50. The zero-order chi connectivity index (χ0) is 19.2. The third-order valence-electron chi connectivity index (χ3n) is 4.58. The highest BCUT2D eigenvalue weighted by molar-refractivity contribution is 5.77. The maximum absolute atomic E-state index is 13.9. The van der Waals surface area contributed by atoms with E-state index in [2.05, 4.69) is 5.32 Å². The van der Waals surface area contributed by atoms with Crippen LogP contribution in [0, 0.1) is 15.9 Å². The molecular formula is C20H22FN3O3. The molecule has 7 heteroatoms. The van der Waals surface area contributed by atoms with Crippen molar-refractivity contribution in [2.24, 2.45) is 0 Å². The molecule has 0 aromatic heterocycles. The van der Waals surface area contributed by atoms with Crippen LogP contribution >= 0.6 is 0 Å². The van der Waals surface area contributed by atoms with Crippen LogP contribution in [0.3, 0.4) is 0 Å². The average molecular weight is 371 g/mol. The fourth-order valence-corrected chi connectivity index (χ4v) is 2.93. The predicted molar refractivity (Wildman–Crippen MR) is 101 cm³/mol. The molecule has 27 heavy (non-hydrogen) atoms. The van der Waals surface area contributed by atoms with E-state index in [1.807, 2.05) is 0 Å². The van der Waals surface area contributed by atoms with Crippen LogP contribution < -0.4 is 5.32 Å². The number of nitrogens with zero attached hydrogens (tertiary/aromatic N) is 2. The molecule has 6 nitrogen and oxygen atoms in total. The number of rotatable bonds is 9. The lowest BCUT2D eigenvalue weighted by molar-refractivity contribution is -0.384. The number of non-ortho nitro benzene ring substituents is 1. The molecular weight excluding hydrogens is 349 g/mol. The van der Waals surface area contributed by atoms with Gasteiger partial charge in [-0.1, -0.05) is 18.2 Å². The topological polar surface area (TPSA) is 75.5 Å². The van der Waals surface area contributed by atoms with E-state index in [-0.39, 0.29) is 23.5 Å². The number of nitro benzene ring substituents is 1. The van der Waals surface area contributed by atoms with Gasteiger partial charge in [-0.3, -0.25) is 14.9 Å². The predicted octanol–water partition coefficient (Wildman–Crippen LogP) is 4.12. The Hall–Kier alpha value is -2.96. The molecule has 1 fully saturated rings. The van der Waals surface area contributed by atoms with Crippen molar-refractivity contribution in [3.63, 3.8) is 0 Å². The van der Waals surface area contributed by atoms with Crippen molar-refractivity contribution in [1.29, 1.82) is 0 Å². The molecule has 1 aliphatic rings. The van der Waals surface area contributed by atoms with E-state index in [4.69, 9.17) is 0 Å². The molecule has 1 N–H and O–H groups in total. The van der Waals surface area contributed by atoms with E-state index in [0.29, 0.717) is 31.5 Å². The summed E-state index contributed by atoms with van der Waals surface area (Å²) in [6.07, 6.45) is 2.96. The normalized spacial score (nSPS) is 13.2. The van der Waals surface area contributed by atoms with Crippen LogP contribution in [-0.2, 0) is 11.3 Å². The number of anilines is 1. The summed E-state index contributed by atoms with van der Waals surface area (Å²) in [7, 11) is 0. The molecule has 0 radical (unpaired) electrons. The fourth-order valence-electron chi connectivity index (χ4n) is 2.93. The Bertz CT molecular complexity index is 806. The van der Waals surface area contributed by atoms with Crippen LogP contribution in [0.4, 0.5) is 15.8 Å². The van der Waals surface area contributed by atoms with E-state index in [9.17, 15) is 19.3 Å². The van der Waals surface area contributed by atoms with Crippen LogP contribution in [-0.4, -0.2) is 28.3 Å². The third-order valence-corrected chi connectivity index (χ3v) is 4.58. The molecule has 1 aliphatic carbocycles. The van der Waals surface area contributed by atoms with Gasteiger partial charge in [0.25, 0.3) is 5.69 Å². The molecule has 0 atom stereocenters. The molecule has 0 unspecified atom stereocenters. The lowest BCUT2D eigenvalue weighted by Gasteiger charge is -2.23. The maximum atomic E-state index is 13.9. The van der Waals surface area contributed by atoms with Crippen LogP contribution in [0.1, 0.15) is 31.2 Å². The number of hydrogen-bond donors (Lipinski definition) is 1. The van der Waals surface area contributed by atoms with Gasteiger partial charge >= 0.3 is 0 Å². The van der Waals surface area contributed by atoms with Gasteiger partial charge in [0, 0.05) is 48.9 Å². The summed E-state index contributed by atoms with van der Waals surface area (Å²) in [5.41, 5.74) is 1.36. The van der Waals surface area contributed by atoms with Crippen molar-refractivity contribution >= 4 is 17.3 Å². The minimum atomic E-state index is -0.440. The van der Waals surface area contributed by atoms with Gasteiger partial charge in [-0.2, -0.15) is 0 Å². The van der Waals surface area contributed by atoms with Crippen molar-refractivity contribution in [1.82, 2.24) is 4.90 Å². The van der Waals surface area contributed by atoms with E-state index >= 15 is 0 Å². The van der Waals surface area contributed by atoms with Crippen molar-refractivity contribution in [2.45, 2.75) is 38.3 Å². The molecule has 1 amide bonds. The molecule has 0 saturated heterocycles. The Morgan fingerprint density at radius 2 is 1.89 bits per heavy atom. The number of nitrogens with one attached hydrogen (secondary N) is 1. The molecule has 0 heterocycles. The number of carbonyl (C=O) groups excluding carboxylic acids is 1. The van der Waals surface area contributed by atoms with Gasteiger partial charge in [-0.25, -0.2) is 4.39 Å². The molecule has 2 aromatic carbocycles. The zero-order valence-electron chi connectivity index (χ0n) is 14.9. The number of benzene rings is 2. The highest BCUT2D eigenvalue weighted by Crippen LogP contribution is 2.29. The van der Waals surface area contributed by atoms with Crippen LogP contribution in [0.5, 0.6) is 0 Å². The summed E-state index contributed by atoms with van der Waals surface area (Å²) in [5.74, 6) is -0.248. The van der Waals surface area contributed by atoms with E-state index < -0.39 is 4.92 Å². The quantitative estimate of drug-likeness (QED) is 0.409. The van der Waals surface area contributed by atoms with Crippen molar-refractivity contribution in [3.05, 3.63) is 70.0 Å². The number of carbonyl (C=O) groups is 1. The highest BCUT2D eigenvalue weighted by Gasteiger charge is 2.32. The lowest BCUT2D eigenvalue weighted by Crippen LogP contribution is -2.33. The van der Waals surface area contributed by atoms with E-state index in [0.717, 1.165) is 18.5 Å². The Morgan fingerprint density at radius 3 is 2.52 bits per heavy atom. The van der Waals surface area contributed by atoms with Gasteiger partial charge in [0.15, 0.2) is 0 Å². The van der Waals surface area contributed by atoms with E-state index in [1.54, 1.807) is 35.2 Å². The van der Waals surface area contributed by atoms with Crippen LogP contribution in [0.15, 0.2) is 48.5 Å². The Balaban J connectivity index is 1.47. The summed E-state index contributed by atoms with van der Waals surface area (Å²) in [4.78, 5) is 24.6. The van der Waals surface area contributed by atoms with Gasteiger partial charge in [-0.15, -0.1) is 0 Å². The Kier molecular flexibility index (Phi) is 6.01. The van der Waals surface area contributed by atoms with Gasteiger partial charge in [0.1, 0.15) is 5.82 Å². The second-order valence-electron chi connectivity index (χ2n) is 6.68. The number of amides is 1. The Labute approximate surface area is 157 Å². The Morgan fingerprint density at radius 1 is 1.19 bits per heavy atom. The van der Waals surface area contributed by atoms with Crippen molar-refractivity contribution < 1.29 is 14.1 Å². The van der Waals surface area contributed by atoms with Crippen molar-refractivity contribution in [3.8, 4) is 0 Å². The number of halogens is 1. The molecule has 2 aromatic rings. The molecule has 0 aliphatic heterocycles. The molecule has 0 bridgehead atoms. The standard InChI is InChI=1S/C20H22FN3O3/c21-19-5-2-1-4-15(19)14-23(17-11-12-17)20(25)6-3-13-22-16-7-9-18(10-8-16)24(26)27/h1-2,4-5,7-10,17,22H,3,6,11-14H2. The lowest BCUT2D eigenvalue weighted by atomic mass is 10.1. The molecule has 142 valence electrons. The first-order chi connectivity index (χ1) is 13.0. The van der Waals surface area contributed by atoms with Crippen LogP contribution in [0.25, 0.3) is 0 Å². The second-order valence-corrected chi connectivity index (χ2v) is 6.68. The van der Waals surface area contributed by atoms with Gasteiger partial charge in [0.05, 0.1) is 4.92 Å². The third kappa shape index (κ3) is 5.26. The summed E-state index contributed by atoms with van der Waals surface area (Å²) in [5, 5.41) is 13.8. The SMILES string of the molecule is O=C(CCCNc1ccc([N+](=O)[O-])cc1)N(Cc1ccccc1F)C1CC1. The van der Waals surface area contributed by atoms with Gasteiger partial charge < -0.3 is 10.2 Å². The largest absolute Gasteiger partial charge is 0.385 e. The summed E-state index contributed by atoms with van der Waals surface area (Å²) < 4.78 is 13.9. The van der Waals surface area contributed by atoms with Crippen LogP contribution in [0.2, 0.25) is 0 Å². The first-order valence-electron chi connectivity index (χ1n) is 9.06. The van der Waals surface area contributed by atoms with E-state index in [1.165, 1.54) is 18.2 Å². The number of nitro groups is 1. The zero-order valence-corrected chi connectivity index (χ0v) is 14.9. The molecule has 3 rings (SSSR count). The van der Waals surface area contributed by atoms with Gasteiger partial charge in [0.2, 0.25) is 5.91 Å². The fraction of sp³-hybridized carbons (Fsp3) is 0.350. The van der Waals surface area contributed by atoms with Gasteiger partial charge in [-0.05, 0) is 37.5 Å². The second kappa shape index (κ2) is 8.62. The monoisotopic (exact) mass is 371 g/mol.